The second kappa shape index (κ2) is 11.0. The summed E-state index contributed by atoms with van der Waals surface area (Å²) in [6.07, 6.45) is 2.67. The summed E-state index contributed by atoms with van der Waals surface area (Å²) in [7, 11) is 0. The smallest absolute Gasteiger partial charge is 0.0471 e. The van der Waals surface area contributed by atoms with Gasteiger partial charge < -0.3 is 14.6 Å². The van der Waals surface area contributed by atoms with Crippen LogP contribution in [0.5, 0.6) is 0 Å². The molecule has 0 aromatic heterocycles. The maximum absolute atomic E-state index is 8.85. The summed E-state index contributed by atoms with van der Waals surface area (Å²) in [5.41, 5.74) is 0. The predicted octanol–water partition coefficient (Wildman–Crippen LogP) is 1.80. The molecule has 0 rings (SSSR count). The van der Waals surface area contributed by atoms with Crippen LogP contribution < -0.4 is 0 Å². The molecule has 0 amide bonds. The average Bonchev–Trinajstić information content (AvgIpc) is 2.18. The van der Waals surface area contributed by atoms with Gasteiger partial charge in [-0.05, 0) is 39.0 Å². The van der Waals surface area contributed by atoms with Crippen molar-refractivity contribution in [1.29, 1.82) is 0 Å². The van der Waals surface area contributed by atoms with Crippen LogP contribution >= 0.6 is 0 Å². The highest BCUT2D eigenvalue weighted by Crippen LogP contribution is 2.15. The Kier molecular flexibility index (Phi) is 10.9. The fraction of sp³-hybridized carbons (Fsp3) is 0.909. The second-order valence-electron chi connectivity index (χ2n) is 3.12. The van der Waals surface area contributed by atoms with E-state index in [1.165, 1.54) is 5.92 Å². The Bertz CT molecular complexity index is 96.7. The number of ether oxygens (including phenoxy) is 2. The van der Waals surface area contributed by atoms with E-state index in [2.05, 4.69) is 0 Å². The van der Waals surface area contributed by atoms with Crippen molar-refractivity contribution in [2.75, 3.05) is 33.0 Å². The first kappa shape index (κ1) is 13.9. The number of aliphatic hydroxyl groups is 1. The minimum Gasteiger partial charge on any atom is -0.396 e. The van der Waals surface area contributed by atoms with Crippen molar-refractivity contribution in [3.05, 3.63) is 5.92 Å². The third kappa shape index (κ3) is 8.48. The SMILES string of the molecule is CCOCC[C](CCO)CCOCC. The fourth-order valence-corrected chi connectivity index (χ4v) is 1.25. The molecule has 0 fully saturated rings. The minimum atomic E-state index is 0.230. The predicted molar refractivity (Wildman–Crippen MR) is 57.2 cm³/mol. The standard InChI is InChI=1S/C11H23O3/c1-3-13-9-6-11(5-8-12)7-10-14-4-2/h12H,3-10H2,1-2H3. The third-order valence-corrected chi connectivity index (χ3v) is 2.07. The lowest BCUT2D eigenvalue weighted by atomic mass is 9.99. The molecule has 3 nitrogen and oxygen atoms in total. The Balaban J connectivity index is 3.44. The number of rotatable bonds is 10. The zero-order chi connectivity index (χ0) is 10.6. The van der Waals surface area contributed by atoms with Crippen LogP contribution in [0.1, 0.15) is 33.1 Å². The maximum atomic E-state index is 8.85. The zero-order valence-corrected chi connectivity index (χ0v) is 9.42. The van der Waals surface area contributed by atoms with Gasteiger partial charge in [-0.2, -0.15) is 0 Å². The Morgan fingerprint density at radius 2 is 1.43 bits per heavy atom. The molecular weight excluding hydrogens is 180 g/mol. The van der Waals surface area contributed by atoms with E-state index in [1.807, 2.05) is 13.8 Å². The van der Waals surface area contributed by atoms with E-state index in [4.69, 9.17) is 14.6 Å². The quantitative estimate of drug-likeness (QED) is 0.550. The van der Waals surface area contributed by atoms with Crippen molar-refractivity contribution in [2.45, 2.75) is 33.1 Å². The minimum absolute atomic E-state index is 0.230. The molecule has 0 saturated heterocycles. The van der Waals surface area contributed by atoms with E-state index < -0.39 is 0 Å². The molecule has 0 spiro atoms. The van der Waals surface area contributed by atoms with Crippen LogP contribution in [-0.4, -0.2) is 38.1 Å². The molecule has 0 aliphatic heterocycles. The van der Waals surface area contributed by atoms with Gasteiger partial charge in [0.15, 0.2) is 0 Å². The zero-order valence-electron chi connectivity index (χ0n) is 9.42. The topological polar surface area (TPSA) is 38.7 Å². The van der Waals surface area contributed by atoms with E-state index in [9.17, 15) is 0 Å². The maximum Gasteiger partial charge on any atom is 0.0471 e. The van der Waals surface area contributed by atoms with Gasteiger partial charge in [0, 0.05) is 33.0 Å². The van der Waals surface area contributed by atoms with E-state index in [-0.39, 0.29) is 6.61 Å². The van der Waals surface area contributed by atoms with Crippen LogP contribution in [0.2, 0.25) is 0 Å². The molecule has 0 heterocycles. The molecule has 0 aromatic carbocycles. The molecule has 1 N–H and O–H groups in total. The summed E-state index contributed by atoms with van der Waals surface area (Å²) in [4.78, 5) is 0. The van der Waals surface area contributed by atoms with Crippen LogP contribution in [-0.2, 0) is 9.47 Å². The van der Waals surface area contributed by atoms with Crippen LogP contribution in [0.3, 0.4) is 0 Å². The lowest BCUT2D eigenvalue weighted by molar-refractivity contribution is 0.129. The molecule has 0 atom stereocenters. The van der Waals surface area contributed by atoms with Gasteiger partial charge in [-0.3, -0.25) is 0 Å². The van der Waals surface area contributed by atoms with Gasteiger partial charge in [0.25, 0.3) is 0 Å². The van der Waals surface area contributed by atoms with E-state index >= 15 is 0 Å². The molecule has 0 saturated carbocycles. The Hall–Kier alpha value is -0.120. The molecule has 0 aliphatic rings. The summed E-state index contributed by atoms with van der Waals surface area (Å²) in [5, 5.41) is 8.85. The van der Waals surface area contributed by atoms with E-state index in [0.717, 1.165) is 45.7 Å². The molecule has 0 aliphatic carbocycles. The van der Waals surface area contributed by atoms with Crippen molar-refractivity contribution in [3.63, 3.8) is 0 Å². The molecular formula is C11H23O3. The first-order valence-electron chi connectivity index (χ1n) is 5.45. The van der Waals surface area contributed by atoms with Crippen LogP contribution in [0.25, 0.3) is 0 Å². The van der Waals surface area contributed by atoms with E-state index in [1.54, 1.807) is 0 Å². The lowest BCUT2D eigenvalue weighted by Crippen LogP contribution is -2.09. The Labute approximate surface area is 87.4 Å². The number of hydrogen-bond donors (Lipinski definition) is 1. The highest BCUT2D eigenvalue weighted by molar-refractivity contribution is 4.88. The number of aliphatic hydroxyl groups excluding tert-OH is 1. The Morgan fingerprint density at radius 3 is 1.79 bits per heavy atom. The molecule has 1 radical (unpaired) electrons. The highest BCUT2D eigenvalue weighted by atomic mass is 16.5. The normalized spacial score (nSPS) is 11.1. The van der Waals surface area contributed by atoms with E-state index in [0.29, 0.717) is 0 Å². The van der Waals surface area contributed by atoms with Gasteiger partial charge in [-0.15, -0.1) is 0 Å². The van der Waals surface area contributed by atoms with Gasteiger partial charge in [0.1, 0.15) is 0 Å². The molecule has 3 heteroatoms. The molecule has 0 aromatic rings. The molecule has 14 heavy (non-hydrogen) atoms. The monoisotopic (exact) mass is 203 g/mol. The Morgan fingerprint density at radius 1 is 0.929 bits per heavy atom. The van der Waals surface area contributed by atoms with Crippen LogP contribution in [0, 0.1) is 5.92 Å². The van der Waals surface area contributed by atoms with Gasteiger partial charge >= 0.3 is 0 Å². The summed E-state index contributed by atoms with van der Waals surface area (Å²) in [6, 6.07) is 0. The largest absolute Gasteiger partial charge is 0.396 e. The van der Waals surface area contributed by atoms with Crippen molar-refractivity contribution in [2.24, 2.45) is 0 Å². The van der Waals surface area contributed by atoms with Crippen molar-refractivity contribution < 1.29 is 14.6 Å². The summed E-state index contributed by atoms with van der Waals surface area (Å²) in [6.45, 7) is 7.26. The molecule has 0 unspecified atom stereocenters. The molecule has 0 bridgehead atoms. The highest BCUT2D eigenvalue weighted by Gasteiger charge is 2.08. The average molecular weight is 203 g/mol. The summed E-state index contributed by atoms with van der Waals surface area (Å²) in [5.74, 6) is 1.34. The van der Waals surface area contributed by atoms with Gasteiger partial charge in [-0.1, -0.05) is 0 Å². The van der Waals surface area contributed by atoms with Gasteiger partial charge in [0.05, 0.1) is 0 Å². The van der Waals surface area contributed by atoms with Crippen molar-refractivity contribution >= 4 is 0 Å². The summed E-state index contributed by atoms with van der Waals surface area (Å²) >= 11 is 0. The van der Waals surface area contributed by atoms with Crippen LogP contribution in [0.4, 0.5) is 0 Å². The second-order valence-corrected chi connectivity index (χ2v) is 3.12. The number of hydrogen-bond acceptors (Lipinski definition) is 3. The van der Waals surface area contributed by atoms with Crippen molar-refractivity contribution in [1.82, 2.24) is 0 Å². The fourth-order valence-electron chi connectivity index (χ4n) is 1.25. The van der Waals surface area contributed by atoms with Gasteiger partial charge in [-0.25, -0.2) is 0 Å². The molecule has 85 valence electrons. The summed E-state index contributed by atoms with van der Waals surface area (Å²) < 4.78 is 10.5. The first-order valence-corrected chi connectivity index (χ1v) is 5.45. The van der Waals surface area contributed by atoms with Crippen molar-refractivity contribution in [3.8, 4) is 0 Å². The van der Waals surface area contributed by atoms with Crippen LogP contribution in [0.15, 0.2) is 0 Å². The third-order valence-electron chi connectivity index (χ3n) is 2.07. The first-order chi connectivity index (χ1) is 6.85. The lowest BCUT2D eigenvalue weighted by Gasteiger charge is -2.14. The van der Waals surface area contributed by atoms with Gasteiger partial charge in [0.2, 0.25) is 0 Å².